The van der Waals surface area contributed by atoms with Crippen LogP contribution in [0, 0.1) is 0 Å². The fraction of sp³-hybridized carbons (Fsp3) is 0.0667. The summed E-state index contributed by atoms with van der Waals surface area (Å²) in [6.07, 6.45) is 2.87. The standard InChI is InChI=1S/C15H10N2O4S/c1-22-10-7-9(18)14-11(13(10)19)12(17-21-14)15(20)16-8-5-3-2-4-6-8/h2-7H,1H3,(H,16,20). The fourth-order valence-corrected chi connectivity index (χ4v) is 2.57. The number of rotatable bonds is 3. The fourth-order valence-electron chi connectivity index (χ4n) is 2.06. The highest BCUT2D eigenvalue weighted by Gasteiger charge is 2.35. The molecule has 0 bridgehead atoms. The molecule has 22 heavy (non-hydrogen) atoms. The van der Waals surface area contributed by atoms with Crippen LogP contribution in [0.4, 0.5) is 5.69 Å². The SMILES string of the molecule is CSC1=CC(=O)c2onc(C(=O)Nc3ccccc3)c2C1=O. The van der Waals surface area contributed by atoms with E-state index in [0.717, 1.165) is 11.8 Å². The van der Waals surface area contributed by atoms with Crippen LogP contribution in [0.2, 0.25) is 0 Å². The van der Waals surface area contributed by atoms with E-state index in [9.17, 15) is 14.4 Å². The zero-order valence-corrected chi connectivity index (χ0v) is 12.3. The van der Waals surface area contributed by atoms with Crippen LogP contribution < -0.4 is 5.32 Å². The van der Waals surface area contributed by atoms with Gasteiger partial charge in [-0.2, -0.15) is 0 Å². The monoisotopic (exact) mass is 314 g/mol. The molecule has 0 saturated heterocycles. The smallest absolute Gasteiger partial charge is 0.278 e. The molecule has 0 saturated carbocycles. The number of allylic oxidation sites excluding steroid dienone is 2. The van der Waals surface area contributed by atoms with E-state index >= 15 is 0 Å². The maximum atomic E-state index is 12.3. The largest absolute Gasteiger partial charge is 0.351 e. The summed E-state index contributed by atoms with van der Waals surface area (Å²) in [5, 5.41) is 6.20. The number of hydrogen-bond acceptors (Lipinski definition) is 6. The van der Waals surface area contributed by atoms with Gasteiger partial charge in [0.1, 0.15) is 5.56 Å². The highest BCUT2D eigenvalue weighted by Crippen LogP contribution is 2.29. The van der Waals surface area contributed by atoms with E-state index in [4.69, 9.17) is 4.52 Å². The average molecular weight is 314 g/mol. The molecule has 7 heteroatoms. The molecule has 1 aliphatic rings. The van der Waals surface area contributed by atoms with Crippen molar-refractivity contribution >= 4 is 34.9 Å². The van der Waals surface area contributed by atoms with Gasteiger partial charge in [-0.1, -0.05) is 23.4 Å². The number of benzene rings is 1. The van der Waals surface area contributed by atoms with E-state index in [2.05, 4.69) is 10.5 Å². The summed E-state index contributed by atoms with van der Waals surface area (Å²) < 4.78 is 4.89. The number of anilines is 1. The van der Waals surface area contributed by atoms with Crippen molar-refractivity contribution in [3.05, 3.63) is 58.3 Å². The summed E-state index contributed by atoms with van der Waals surface area (Å²) in [4.78, 5) is 36.7. The van der Waals surface area contributed by atoms with E-state index in [-0.39, 0.29) is 21.9 Å². The van der Waals surface area contributed by atoms with Crippen LogP contribution in [0.5, 0.6) is 0 Å². The summed E-state index contributed by atoms with van der Waals surface area (Å²) in [6, 6.07) is 8.73. The van der Waals surface area contributed by atoms with Gasteiger partial charge in [0.15, 0.2) is 5.69 Å². The maximum Gasteiger partial charge on any atom is 0.278 e. The number of thioether (sulfide) groups is 1. The van der Waals surface area contributed by atoms with Gasteiger partial charge in [-0.25, -0.2) is 0 Å². The lowest BCUT2D eigenvalue weighted by atomic mass is 9.99. The molecule has 0 fully saturated rings. The molecule has 1 heterocycles. The zero-order valence-electron chi connectivity index (χ0n) is 11.5. The van der Waals surface area contributed by atoms with E-state index in [1.807, 2.05) is 6.07 Å². The van der Waals surface area contributed by atoms with Gasteiger partial charge in [0.25, 0.3) is 5.91 Å². The van der Waals surface area contributed by atoms with Gasteiger partial charge >= 0.3 is 0 Å². The number of carbonyl (C=O) groups excluding carboxylic acids is 3. The summed E-state index contributed by atoms with van der Waals surface area (Å²) in [5.41, 5.74) is 0.293. The van der Waals surface area contributed by atoms with Crippen molar-refractivity contribution in [3.8, 4) is 0 Å². The Bertz CT molecular complexity index is 808. The number of fused-ring (bicyclic) bond motifs is 1. The van der Waals surface area contributed by atoms with E-state index < -0.39 is 17.5 Å². The van der Waals surface area contributed by atoms with Crippen LogP contribution in [0.1, 0.15) is 31.4 Å². The lowest BCUT2D eigenvalue weighted by Crippen LogP contribution is -2.20. The molecule has 0 spiro atoms. The number of hydrogen-bond donors (Lipinski definition) is 1. The Morgan fingerprint density at radius 2 is 1.95 bits per heavy atom. The average Bonchev–Trinajstić information content (AvgIpc) is 2.97. The van der Waals surface area contributed by atoms with Crippen LogP contribution in [0.15, 0.2) is 45.8 Å². The van der Waals surface area contributed by atoms with Gasteiger partial charge in [0, 0.05) is 11.8 Å². The molecule has 6 nitrogen and oxygen atoms in total. The summed E-state index contributed by atoms with van der Waals surface area (Å²) in [6.45, 7) is 0. The Labute approximate surface area is 129 Å². The molecule has 0 aliphatic heterocycles. The second kappa shape index (κ2) is 5.61. The minimum absolute atomic E-state index is 0.0784. The highest BCUT2D eigenvalue weighted by molar-refractivity contribution is 8.03. The lowest BCUT2D eigenvalue weighted by molar-refractivity contribution is 0.0967. The maximum absolute atomic E-state index is 12.3. The first-order valence-corrected chi connectivity index (χ1v) is 7.55. The van der Waals surface area contributed by atoms with Crippen molar-refractivity contribution < 1.29 is 18.9 Å². The molecule has 2 aromatic rings. The van der Waals surface area contributed by atoms with Crippen molar-refractivity contribution in [1.29, 1.82) is 0 Å². The number of nitrogens with zero attached hydrogens (tertiary/aromatic N) is 1. The van der Waals surface area contributed by atoms with Crippen molar-refractivity contribution in [1.82, 2.24) is 5.16 Å². The quantitative estimate of drug-likeness (QED) is 0.936. The second-order valence-electron chi connectivity index (χ2n) is 4.46. The number of ketones is 2. The topological polar surface area (TPSA) is 89.3 Å². The summed E-state index contributed by atoms with van der Waals surface area (Å²) in [5.74, 6) is -1.69. The van der Waals surface area contributed by atoms with E-state index in [1.165, 1.54) is 6.08 Å². The van der Waals surface area contributed by atoms with Gasteiger partial charge in [-0.3, -0.25) is 14.4 Å². The Hall–Kier alpha value is -2.67. The number of carbonyl (C=O) groups is 3. The van der Waals surface area contributed by atoms with Gasteiger partial charge in [-0.05, 0) is 18.4 Å². The predicted octanol–water partition coefficient (Wildman–Crippen LogP) is 2.55. The number of aromatic nitrogens is 1. The molecule has 0 unspecified atom stereocenters. The Morgan fingerprint density at radius 3 is 2.64 bits per heavy atom. The van der Waals surface area contributed by atoms with Crippen LogP contribution in [-0.2, 0) is 0 Å². The van der Waals surface area contributed by atoms with Crippen molar-refractivity contribution in [2.24, 2.45) is 0 Å². The van der Waals surface area contributed by atoms with Gasteiger partial charge in [0.05, 0.1) is 4.91 Å². The third kappa shape index (κ3) is 2.35. The molecular weight excluding hydrogens is 304 g/mol. The summed E-state index contributed by atoms with van der Waals surface area (Å²) >= 11 is 1.14. The Balaban J connectivity index is 1.97. The number of amides is 1. The van der Waals surface area contributed by atoms with Crippen LogP contribution >= 0.6 is 11.8 Å². The Morgan fingerprint density at radius 1 is 1.23 bits per heavy atom. The first kappa shape index (κ1) is 14.3. The van der Waals surface area contributed by atoms with Crippen LogP contribution in [0.3, 0.4) is 0 Å². The van der Waals surface area contributed by atoms with Crippen LogP contribution in [0.25, 0.3) is 0 Å². The molecular formula is C15H10N2O4S. The summed E-state index contributed by atoms with van der Waals surface area (Å²) in [7, 11) is 0. The third-order valence-corrected chi connectivity index (χ3v) is 3.84. The van der Waals surface area contributed by atoms with Gasteiger partial charge in [-0.15, -0.1) is 11.8 Å². The highest BCUT2D eigenvalue weighted by atomic mass is 32.2. The number of Topliss-reactive ketones (excluding diaryl/α,β-unsaturated/α-hetero) is 1. The van der Waals surface area contributed by atoms with E-state index in [1.54, 1.807) is 30.5 Å². The number of nitrogens with one attached hydrogen (secondary N) is 1. The normalized spacial score (nSPS) is 13.6. The first-order valence-electron chi connectivity index (χ1n) is 6.32. The molecule has 0 atom stereocenters. The molecule has 0 radical (unpaired) electrons. The third-order valence-electron chi connectivity index (χ3n) is 3.10. The van der Waals surface area contributed by atoms with Crippen molar-refractivity contribution in [2.75, 3.05) is 11.6 Å². The molecule has 1 amide bonds. The van der Waals surface area contributed by atoms with Gasteiger partial charge in [0.2, 0.25) is 17.3 Å². The van der Waals surface area contributed by atoms with Crippen molar-refractivity contribution in [3.63, 3.8) is 0 Å². The number of para-hydroxylation sites is 1. The van der Waals surface area contributed by atoms with Crippen molar-refractivity contribution in [2.45, 2.75) is 0 Å². The molecule has 110 valence electrons. The first-order chi connectivity index (χ1) is 10.6. The molecule has 1 N–H and O–H groups in total. The second-order valence-corrected chi connectivity index (χ2v) is 5.31. The lowest BCUT2D eigenvalue weighted by Gasteiger charge is -2.09. The van der Waals surface area contributed by atoms with Crippen LogP contribution in [-0.4, -0.2) is 28.9 Å². The van der Waals surface area contributed by atoms with E-state index in [0.29, 0.717) is 5.69 Å². The Kier molecular flexibility index (Phi) is 3.64. The van der Waals surface area contributed by atoms with Gasteiger partial charge < -0.3 is 9.84 Å². The molecule has 1 aromatic carbocycles. The minimum Gasteiger partial charge on any atom is -0.351 e. The molecule has 1 aliphatic carbocycles. The predicted molar refractivity (Wildman–Crippen MR) is 81.2 cm³/mol. The minimum atomic E-state index is -0.597. The zero-order chi connectivity index (χ0) is 15.7. The molecule has 1 aromatic heterocycles. The molecule has 3 rings (SSSR count).